The first-order chi connectivity index (χ1) is 38.8. The zero-order valence-corrected chi connectivity index (χ0v) is 52.2. The number of ether oxygens (including phenoxy) is 2. The Morgan fingerprint density at radius 1 is 0.418 bits per heavy atom. The summed E-state index contributed by atoms with van der Waals surface area (Å²) in [5, 5.41) is 54.6. The summed E-state index contributed by atoms with van der Waals surface area (Å²) in [6.07, 6.45) is 72.7. The van der Waals surface area contributed by atoms with E-state index in [2.05, 4.69) is 43.5 Å². The second kappa shape index (κ2) is 59.6. The van der Waals surface area contributed by atoms with Crippen LogP contribution < -0.4 is 5.32 Å². The highest BCUT2D eigenvalue weighted by atomic mass is 16.7. The first kappa shape index (κ1) is 75.4. The molecule has 0 aromatic heterocycles. The van der Waals surface area contributed by atoms with Gasteiger partial charge >= 0.3 is 0 Å². The molecule has 1 heterocycles. The van der Waals surface area contributed by atoms with Gasteiger partial charge in [-0.25, -0.2) is 0 Å². The molecule has 1 aliphatic heterocycles. The van der Waals surface area contributed by atoms with Crippen LogP contribution in [-0.2, 0) is 14.3 Å². The first-order valence-electron chi connectivity index (χ1n) is 34.7. The van der Waals surface area contributed by atoms with Crippen molar-refractivity contribution in [1.82, 2.24) is 5.32 Å². The summed E-state index contributed by atoms with van der Waals surface area (Å²) in [6, 6.07) is -0.827. The molecule has 1 amide bonds. The van der Waals surface area contributed by atoms with Gasteiger partial charge in [0.05, 0.1) is 25.4 Å². The van der Waals surface area contributed by atoms with Crippen LogP contribution in [0.1, 0.15) is 348 Å². The molecule has 6 N–H and O–H groups in total. The lowest BCUT2D eigenvalue weighted by molar-refractivity contribution is -0.302. The maximum atomic E-state index is 13.1. The fraction of sp³-hybridized carbons (Fsp3) is 0.900. The number of nitrogens with one attached hydrogen (secondary N) is 1. The van der Waals surface area contributed by atoms with E-state index >= 15 is 0 Å². The summed E-state index contributed by atoms with van der Waals surface area (Å²) >= 11 is 0. The minimum atomic E-state index is -1.57. The fourth-order valence-electron chi connectivity index (χ4n) is 11.3. The number of carbonyl (C=O) groups excluding carboxylic acids is 1. The summed E-state index contributed by atoms with van der Waals surface area (Å²) in [6.45, 7) is 3.80. The lowest BCUT2D eigenvalue weighted by Crippen LogP contribution is -2.60. The zero-order chi connectivity index (χ0) is 57.2. The zero-order valence-electron chi connectivity index (χ0n) is 52.2. The average molecular weight is 1120 g/mol. The van der Waals surface area contributed by atoms with Crippen molar-refractivity contribution in [1.29, 1.82) is 0 Å². The van der Waals surface area contributed by atoms with Crippen molar-refractivity contribution in [2.45, 2.75) is 391 Å². The van der Waals surface area contributed by atoms with E-state index in [0.717, 1.165) is 44.9 Å². The number of unbranched alkanes of at least 4 members (excludes halogenated alkanes) is 47. The largest absolute Gasteiger partial charge is 0.394 e. The molecule has 1 fully saturated rings. The molecule has 0 radical (unpaired) electrons. The highest BCUT2D eigenvalue weighted by Gasteiger charge is 2.44. The number of allylic oxidation sites excluding steroid dienone is 5. The summed E-state index contributed by atoms with van der Waals surface area (Å²) in [5.74, 6) is -0.184. The molecular formula is C70H133NO8. The van der Waals surface area contributed by atoms with E-state index in [1.165, 1.54) is 283 Å². The van der Waals surface area contributed by atoms with E-state index in [1.807, 2.05) is 6.08 Å². The predicted octanol–water partition coefficient (Wildman–Crippen LogP) is 18.6. The van der Waals surface area contributed by atoms with E-state index in [-0.39, 0.29) is 12.5 Å². The SMILES string of the molecule is CCCCCCCCCCCC/C=C/CC/C=C/CC/C=C/C(O)C(COC1OC(CO)C(O)C(O)C1O)NC(=O)CCCCCCCCCCCCCCCCCCCCCCCCCCCCCCCCCCCCCC. The molecule has 0 spiro atoms. The Morgan fingerprint density at radius 3 is 1.06 bits per heavy atom. The Labute approximate surface area is 489 Å². The molecule has 0 saturated carbocycles. The molecule has 9 nitrogen and oxygen atoms in total. The number of aliphatic hydroxyl groups is 5. The molecule has 0 aromatic carbocycles. The van der Waals surface area contributed by atoms with Crippen molar-refractivity contribution >= 4 is 5.91 Å². The average Bonchev–Trinajstić information content (AvgIpc) is 3.47. The standard InChI is InChI=1S/C70H133NO8/c1-3-5-7-9-11-13-15-17-19-21-23-25-26-27-28-29-30-31-32-33-34-35-36-37-38-39-40-42-44-46-48-50-52-54-56-58-60-66(74)71-63(62-78-70-69(77)68(76)67(75)65(61-72)79-70)64(73)59-57-55-53-51-49-47-45-43-41-24-22-20-18-16-14-12-10-8-6-4-2/h41,43,49,51,57,59,63-65,67-70,72-73,75-77H,3-40,42,44-48,50,52-56,58,60-62H2,1-2H3,(H,71,74)/b43-41+,51-49+,59-57+. The molecule has 0 aromatic rings. The smallest absolute Gasteiger partial charge is 0.220 e. The Morgan fingerprint density at radius 2 is 0.722 bits per heavy atom. The number of hydrogen-bond acceptors (Lipinski definition) is 8. The third-order valence-corrected chi connectivity index (χ3v) is 16.7. The molecule has 9 heteroatoms. The van der Waals surface area contributed by atoms with Gasteiger partial charge in [0, 0.05) is 6.42 Å². The van der Waals surface area contributed by atoms with Gasteiger partial charge < -0.3 is 40.3 Å². The van der Waals surface area contributed by atoms with Gasteiger partial charge in [0.1, 0.15) is 24.4 Å². The van der Waals surface area contributed by atoms with Crippen molar-refractivity contribution in [2.24, 2.45) is 0 Å². The van der Waals surface area contributed by atoms with Crippen molar-refractivity contribution in [3.05, 3.63) is 36.5 Å². The topological polar surface area (TPSA) is 149 Å². The van der Waals surface area contributed by atoms with Gasteiger partial charge in [-0.3, -0.25) is 4.79 Å². The normalized spacial score (nSPS) is 18.7. The molecule has 79 heavy (non-hydrogen) atoms. The summed E-state index contributed by atoms with van der Waals surface area (Å²) in [5.41, 5.74) is 0. The van der Waals surface area contributed by atoms with Crippen molar-refractivity contribution in [2.75, 3.05) is 13.2 Å². The number of amides is 1. The van der Waals surface area contributed by atoms with Crippen LogP contribution in [0, 0.1) is 0 Å². The third kappa shape index (κ3) is 48.5. The van der Waals surface area contributed by atoms with Gasteiger partial charge in [-0.2, -0.15) is 0 Å². The predicted molar refractivity (Wildman–Crippen MR) is 337 cm³/mol. The Balaban J connectivity index is 2.09. The Kier molecular flexibility index (Phi) is 56.9. The van der Waals surface area contributed by atoms with Crippen LogP contribution >= 0.6 is 0 Å². The van der Waals surface area contributed by atoms with E-state index in [1.54, 1.807) is 6.08 Å². The Bertz CT molecular complexity index is 1340. The van der Waals surface area contributed by atoms with Crippen LogP contribution in [0.4, 0.5) is 0 Å². The van der Waals surface area contributed by atoms with Crippen molar-refractivity contribution in [3.63, 3.8) is 0 Å². The van der Waals surface area contributed by atoms with Crippen LogP contribution in [0.3, 0.4) is 0 Å². The monoisotopic (exact) mass is 1120 g/mol. The molecule has 0 aliphatic carbocycles. The lowest BCUT2D eigenvalue weighted by atomic mass is 9.99. The highest BCUT2D eigenvalue weighted by molar-refractivity contribution is 5.76. The van der Waals surface area contributed by atoms with E-state index < -0.39 is 49.5 Å². The lowest BCUT2D eigenvalue weighted by Gasteiger charge is -2.40. The summed E-state index contributed by atoms with van der Waals surface area (Å²) in [4.78, 5) is 13.1. The molecular weight excluding hydrogens is 983 g/mol. The van der Waals surface area contributed by atoms with E-state index in [4.69, 9.17) is 9.47 Å². The summed E-state index contributed by atoms with van der Waals surface area (Å²) in [7, 11) is 0. The molecule has 0 bridgehead atoms. The second-order valence-electron chi connectivity index (χ2n) is 24.3. The van der Waals surface area contributed by atoms with Gasteiger partial charge in [0.25, 0.3) is 0 Å². The maximum Gasteiger partial charge on any atom is 0.220 e. The van der Waals surface area contributed by atoms with Crippen molar-refractivity contribution in [3.8, 4) is 0 Å². The van der Waals surface area contributed by atoms with Crippen LogP contribution in [-0.4, -0.2) is 87.5 Å². The van der Waals surface area contributed by atoms with Gasteiger partial charge in [-0.1, -0.05) is 333 Å². The summed E-state index contributed by atoms with van der Waals surface area (Å²) < 4.78 is 11.3. The van der Waals surface area contributed by atoms with E-state index in [0.29, 0.717) is 6.42 Å². The molecule has 7 atom stereocenters. The van der Waals surface area contributed by atoms with Crippen LogP contribution in [0.25, 0.3) is 0 Å². The quantitative estimate of drug-likeness (QED) is 0.0261. The fourth-order valence-corrected chi connectivity index (χ4v) is 11.3. The van der Waals surface area contributed by atoms with Crippen LogP contribution in [0.5, 0.6) is 0 Å². The minimum absolute atomic E-state index is 0.184. The van der Waals surface area contributed by atoms with Gasteiger partial charge in [0.15, 0.2) is 6.29 Å². The number of rotatable bonds is 61. The van der Waals surface area contributed by atoms with Gasteiger partial charge in [-0.05, 0) is 44.9 Å². The Hall–Kier alpha value is -1.59. The highest BCUT2D eigenvalue weighted by Crippen LogP contribution is 2.23. The third-order valence-electron chi connectivity index (χ3n) is 16.7. The number of aliphatic hydroxyl groups excluding tert-OH is 5. The van der Waals surface area contributed by atoms with Crippen molar-refractivity contribution < 1.29 is 39.8 Å². The molecule has 1 saturated heterocycles. The van der Waals surface area contributed by atoms with Gasteiger partial charge in [0.2, 0.25) is 5.91 Å². The van der Waals surface area contributed by atoms with E-state index in [9.17, 15) is 30.3 Å². The second-order valence-corrected chi connectivity index (χ2v) is 24.3. The maximum absolute atomic E-state index is 13.1. The number of hydrogen-bond donors (Lipinski definition) is 6. The van der Waals surface area contributed by atoms with Crippen LogP contribution in [0.15, 0.2) is 36.5 Å². The molecule has 1 rings (SSSR count). The van der Waals surface area contributed by atoms with Gasteiger partial charge in [-0.15, -0.1) is 0 Å². The molecule has 466 valence electrons. The minimum Gasteiger partial charge on any atom is -0.394 e. The molecule has 7 unspecified atom stereocenters. The number of carbonyl (C=O) groups is 1. The first-order valence-corrected chi connectivity index (χ1v) is 34.7. The molecule has 1 aliphatic rings. The van der Waals surface area contributed by atoms with Crippen LogP contribution in [0.2, 0.25) is 0 Å².